The molecule has 2 aliphatic rings. The molecule has 0 amide bonds. The van der Waals surface area contributed by atoms with Gasteiger partial charge in [-0.1, -0.05) is 88.3 Å². The molecule has 0 atom stereocenters. The highest BCUT2D eigenvalue weighted by molar-refractivity contribution is 7.09. The molecule has 0 aliphatic heterocycles. The molecule has 0 spiro atoms. The van der Waals surface area contributed by atoms with Gasteiger partial charge in [0.2, 0.25) is 0 Å². The van der Waals surface area contributed by atoms with Crippen LogP contribution in [0.25, 0.3) is 10.4 Å². The Balaban J connectivity index is 1.79. The SMILES string of the molecule is CC1=C([Si](C)(C)C2=C(C)[CH]c3ccc(CC(C)C)cc32)c2cc(CC(C)C)ccc2[CH]1. The van der Waals surface area contributed by atoms with Gasteiger partial charge in [0.15, 0.2) is 0 Å². The summed E-state index contributed by atoms with van der Waals surface area (Å²) in [6.45, 7) is 19.1. The van der Waals surface area contributed by atoms with Gasteiger partial charge >= 0.3 is 0 Å². The fraction of sp³-hybridized carbons (Fsp3) is 0.400. The zero-order valence-corrected chi connectivity index (χ0v) is 21.7. The van der Waals surface area contributed by atoms with Crippen LogP contribution in [0.1, 0.15) is 74.9 Å². The third kappa shape index (κ3) is 4.14. The Morgan fingerprint density at radius 3 is 1.39 bits per heavy atom. The first-order chi connectivity index (χ1) is 14.6. The summed E-state index contributed by atoms with van der Waals surface area (Å²) in [6.07, 6.45) is 7.14. The maximum Gasteiger partial charge on any atom is 0.113 e. The van der Waals surface area contributed by atoms with Crippen molar-refractivity contribution in [3.63, 3.8) is 0 Å². The van der Waals surface area contributed by atoms with Crippen LogP contribution < -0.4 is 0 Å². The fourth-order valence-electron chi connectivity index (χ4n) is 5.91. The second-order valence-corrected chi connectivity index (χ2v) is 15.3. The minimum Gasteiger partial charge on any atom is -0.0646 e. The Bertz CT molecular complexity index is 990. The summed E-state index contributed by atoms with van der Waals surface area (Å²) in [4.78, 5) is 0. The molecular weight excluding hydrogens is 388 g/mol. The molecule has 0 nitrogen and oxygen atoms in total. The lowest BCUT2D eigenvalue weighted by molar-refractivity contribution is 0.647. The molecule has 2 radical (unpaired) electrons. The first-order valence-corrected chi connectivity index (χ1v) is 15.0. The second-order valence-electron chi connectivity index (χ2n) is 11.1. The molecule has 0 heterocycles. The predicted molar refractivity (Wildman–Crippen MR) is 139 cm³/mol. The molecule has 0 unspecified atom stereocenters. The van der Waals surface area contributed by atoms with Crippen molar-refractivity contribution in [2.45, 2.75) is 67.5 Å². The zero-order chi connectivity index (χ0) is 22.5. The number of allylic oxidation sites excluding steroid dienone is 2. The Kier molecular flexibility index (Phi) is 5.94. The van der Waals surface area contributed by atoms with E-state index in [2.05, 4.69) is 104 Å². The molecule has 31 heavy (non-hydrogen) atoms. The van der Waals surface area contributed by atoms with Gasteiger partial charge in [0.25, 0.3) is 0 Å². The molecule has 4 rings (SSSR count). The minimum absolute atomic E-state index is 0.683. The molecule has 1 heteroatoms. The third-order valence-electron chi connectivity index (χ3n) is 6.84. The topological polar surface area (TPSA) is 0 Å². The minimum atomic E-state index is -1.89. The quantitative estimate of drug-likeness (QED) is 0.408. The van der Waals surface area contributed by atoms with Crippen LogP contribution >= 0.6 is 0 Å². The Labute approximate surface area is 191 Å². The molecule has 0 bridgehead atoms. The van der Waals surface area contributed by atoms with Crippen LogP contribution in [-0.2, 0) is 12.8 Å². The van der Waals surface area contributed by atoms with Crippen molar-refractivity contribution in [2.24, 2.45) is 11.8 Å². The summed E-state index contributed by atoms with van der Waals surface area (Å²) in [6, 6.07) is 14.4. The Hall–Kier alpha value is -1.86. The molecular formula is C30H38Si. The summed E-state index contributed by atoms with van der Waals surface area (Å²) in [7, 11) is -1.89. The van der Waals surface area contributed by atoms with Gasteiger partial charge in [0, 0.05) is 12.8 Å². The molecule has 0 saturated carbocycles. The molecule has 0 fully saturated rings. The number of hydrogen-bond donors (Lipinski definition) is 0. The van der Waals surface area contributed by atoms with Crippen LogP contribution in [-0.4, -0.2) is 8.07 Å². The van der Waals surface area contributed by atoms with Gasteiger partial charge in [0.1, 0.15) is 8.07 Å². The monoisotopic (exact) mass is 426 g/mol. The van der Waals surface area contributed by atoms with Crippen LogP contribution in [0.15, 0.2) is 47.5 Å². The summed E-state index contributed by atoms with van der Waals surface area (Å²) < 4.78 is 0. The average Bonchev–Trinajstić information content (AvgIpc) is 3.15. The van der Waals surface area contributed by atoms with Gasteiger partial charge in [-0.2, -0.15) is 0 Å². The van der Waals surface area contributed by atoms with E-state index in [0.717, 1.165) is 12.8 Å². The third-order valence-corrected chi connectivity index (χ3v) is 10.7. The van der Waals surface area contributed by atoms with E-state index < -0.39 is 8.07 Å². The molecule has 162 valence electrons. The van der Waals surface area contributed by atoms with E-state index in [4.69, 9.17) is 0 Å². The van der Waals surface area contributed by atoms with E-state index in [1.807, 2.05) is 0 Å². The van der Waals surface area contributed by atoms with Crippen molar-refractivity contribution in [1.82, 2.24) is 0 Å². The van der Waals surface area contributed by atoms with E-state index >= 15 is 0 Å². The molecule has 0 N–H and O–H groups in total. The molecule has 2 aliphatic carbocycles. The number of rotatable bonds is 6. The largest absolute Gasteiger partial charge is 0.113 e. The van der Waals surface area contributed by atoms with E-state index in [1.165, 1.54) is 44.5 Å². The van der Waals surface area contributed by atoms with Crippen LogP contribution in [0.3, 0.4) is 0 Å². The van der Waals surface area contributed by atoms with E-state index in [9.17, 15) is 0 Å². The van der Waals surface area contributed by atoms with Crippen LogP contribution in [0, 0.1) is 24.7 Å². The number of hydrogen-bond acceptors (Lipinski definition) is 0. The van der Waals surface area contributed by atoms with Crippen molar-refractivity contribution in [1.29, 1.82) is 0 Å². The fourth-order valence-corrected chi connectivity index (χ4v) is 10.1. The lowest BCUT2D eigenvalue weighted by Gasteiger charge is -2.30. The van der Waals surface area contributed by atoms with Gasteiger partial charge in [-0.05, 0) is 82.3 Å². The van der Waals surface area contributed by atoms with E-state index in [1.54, 1.807) is 10.4 Å². The van der Waals surface area contributed by atoms with E-state index in [-0.39, 0.29) is 0 Å². The smallest absolute Gasteiger partial charge is 0.0646 e. The Morgan fingerprint density at radius 1 is 0.645 bits per heavy atom. The van der Waals surface area contributed by atoms with Crippen molar-refractivity contribution in [3.8, 4) is 0 Å². The Morgan fingerprint density at radius 2 is 1.03 bits per heavy atom. The molecule has 0 aromatic heterocycles. The first kappa shape index (κ1) is 22.3. The van der Waals surface area contributed by atoms with Crippen molar-refractivity contribution < 1.29 is 0 Å². The predicted octanol–water partition coefficient (Wildman–Crippen LogP) is 8.25. The zero-order valence-electron chi connectivity index (χ0n) is 20.7. The van der Waals surface area contributed by atoms with Crippen LogP contribution in [0.5, 0.6) is 0 Å². The van der Waals surface area contributed by atoms with Gasteiger partial charge < -0.3 is 0 Å². The van der Waals surface area contributed by atoms with Crippen LogP contribution in [0.2, 0.25) is 13.1 Å². The van der Waals surface area contributed by atoms with Crippen molar-refractivity contribution >= 4 is 18.5 Å². The standard InChI is InChI=1S/C30H38Si/c1-19(2)13-23-9-11-25-15-21(5)29(27(25)17-23)31(7,8)30-22(6)16-26-12-10-24(14-20(3)4)18-28(26)30/h9-12,15-20H,13-14H2,1-8H3. The summed E-state index contributed by atoms with van der Waals surface area (Å²) in [5.41, 5.74) is 11.7. The first-order valence-electron chi connectivity index (χ1n) is 12.0. The molecule has 0 saturated heterocycles. The molecule has 2 aromatic rings. The highest BCUT2D eigenvalue weighted by Crippen LogP contribution is 2.49. The lowest BCUT2D eigenvalue weighted by Crippen LogP contribution is -2.31. The normalized spacial score (nSPS) is 16.1. The summed E-state index contributed by atoms with van der Waals surface area (Å²) >= 11 is 0. The lowest BCUT2D eigenvalue weighted by atomic mass is 9.99. The summed E-state index contributed by atoms with van der Waals surface area (Å²) in [5, 5.41) is 3.27. The highest BCUT2D eigenvalue weighted by atomic mass is 28.3. The molecule has 2 aromatic carbocycles. The van der Waals surface area contributed by atoms with Gasteiger partial charge in [0.05, 0.1) is 0 Å². The summed E-state index contributed by atoms with van der Waals surface area (Å²) in [5.74, 6) is 1.37. The van der Waals surface area contributed by atoms with Crippen molar-refractivity contribution in [3.05, 3.63) is 93.8 Å². The van der Waals surface area contributed by atoms with Gasteiger partial charge in [-0.25, -0.2) is 0 Å². The van der Waals surface area contributed by atoms with Gasteiger partial charge in [-0.15, -0.1) is 0 Å². The average molecular weight is 427 g/mol. The maximum absolute atomic E-state index is 2.57. The van der Waals surface area contributed by atoms with Crippen molar-refractivity contribution in [2.75, 3.05) is 0 Å². The number of benzene rings is 2. The maximum atomic E-state index is 2.57. The van der Waals surface area contributed by atoms with Gasteiger partial charge in [-0.3, -0.25) is 0 Å². The number of fused-ring (bicyclic) bond motifs is 2. The van der Waals surface area contributed by atoms with E-state index in [0.29, 0.717) is 11.8 Å². The highest BCUT2D eigenvalue weighted by Gasteiger charge is 2.40. The second kappa shape index (κ2) is 8.24. The van der Waals surface area contributed by atoms with Crippen LogP contribution in [0.4, 0.5) is 0 Å².